The van der Waals surface area contributed by atoms with E-state index in [2.05, 4.69) is 54.2 Å². The van der Waals surface area contributed by atoms with Gasteiger partial charge in [0.25, 0.3) is 0 Å². The number of rotatable bonds is 9. The molecule has 1 aromatic heterocycles. The van der Waals surface area contributed by atoms with Gasteiger partial charge >= 0.3 is 0 Å². The van der Waals surface area contributed by atoms with Gasteiger partial charge in [0, 0.05) is 28.2 Å². The quantitative estimate of drug-likeness (QED) is 0.310. The number of aryl methyl sites for hydroxylation is 1. The Morgan fingerprint density at radius 1 is 1.00 bits per heavy atom. The van der Waals surface area contributed by atoms with Crippen LogP contribution in [0.1, 0.15) is 85.3 Å². The number of ketones is 1. The third-order valence-corrected chi connectivity index (χ3v) is 6.81. The fourth-order valence-electron chi connectivity index (χ4n) is 5.00. The summed E-state index contributed by atoms with van der Waals surface area (Å²) in [6.45, 7) is 8.05. The molecule has 1 aliphatic rings. The van der Waals surface area contributed by atoms with Gasteiger partial charge in [0.05, 0.1) is 0 Å². The molecule has 0 bridgehead atoms. The summed E-state index contributed by atoms with van der Waals surface area (Å²) in [4.78, 5) is 19.3. The highest BCUT2D eigenvalue weighted by molar-refractivity contribution is 6.10. The third kappa shape index (κ3) is 5.10. The molecule has 0 amide bonds. The highest BCUT2D eigenvalue weighted by Crippen LogP contribution is 2.34. The van der Waals surface area contributed by atoms with Crippen molar-refractivity contribution in [2.75, 3.05) is 19.6 Å². The molecule has 4 rings (SSSR count). The van der Waals surface area contributed by atoms with Crippen molar-refractivity contribution in [3.8, 4) is 0 Å². The van der Waals surface area contributed by atoms with Crippen molar-refractivity contribution in [2.24, 2.45) is 0 Å². The van der Waals surface area contributed by atoms with E-state index < -0.39 is 0 Å². The first-order chi connectivity index (χ1) is 15.2. The minimum Gasteiger partial charge on any atom is -0.361 e. The maximum Gasteiger partial charge on any atom is 0.193 e. The second-order valence-electron chi connectivity index (χ2n) is 9.11. The maximum absolute atomic E-state index is 13.2. The second-order valence-corrected chi connectivity index (χ2v) is 9.11. The summed E-state index contributed by atoms with van der Waals surface area (Å²) in [7, 11) is 0. The number of hydrogen-bond donors (Lipinski definition) is 1. The number of piperidine rings is 1. The summed E-state index contributed by atoms with van der Waals surface area (Å²) in [5.74, 6) is 0.701. The van der Waals surface area contributed by atoms with Crippen LogP contribution in [0.3, 0.4) is 0 Å². The van der Waals surface area contributed by atoms with E-state index in [0.717, 1.165) is 29.5 Å². The summed E-state index contributed by atoms with van der Waals surface area (Å²) in [6, 6.07) is 14.3. The minimum atomic E-state index is 0.123. The highest BCUT2D eigenvalue weighted by Gasteiger charge is 2.23. The normalized spacial score (nSPS) is 15.5. The number of nitrogens with zero attached hydrogens (tertiary/aromatic N) is 1. The largest absolute Gasteiger partial charge is 0.361 e. The predicted octanol–water partition coefficient (Wildman–Crippen LogP) is 6.72. The topological polar surface area (TPSA) is 36.1 Å². The van der Waals surface area contributed by atoms with Crippen LogP contribution in [0.4, 0.5) is 0 Å². The number of nitrogens with one attached hydrogen (secondary N) is 1. The average molecular weight is 417 g/mol. The third-order valence-electron chi connectivity index (χ3n) is 6.81. The summed E-state index contributed by atoms with van der Waals surface area (Å²) in [5.41, 5.74) is 5.35. The van der Waals surface area contributed by atoms with E-state index in [1.807, 2.05) is 18.2 Å². The fraction of sp³-hybridized carbons (Fsp3) is 0.464. The lowest BCUT2D eigenvalue weighted by Crippen LogP contribution is -2.33. The number of H-pyrrole nitrogens is 1. The Morgan fingerprint density at radius 2 is 1.81 bits per heavy atom. The predicted molar refractivity (Wildman–Crippen MR) is 130 cm³/mol. The van der Waals surface area contributed by atoms with Crippen LogP contribution < -0.4 is 0 Å². The number of unbranched alkanes of at least 4 members (excludes halogenated alkanes) is 2. The first-order valence-corrected chi connectivity index (χ1v) is 12.2. The molecular weight excluding hydrogens is 380 g/mol. The van der Waals surface area contributed by atoms with E-state index in [0.29, 0.717) is 5.92 Å². The van der Waals surface area contributed by atoms with Crippen molar-refractivity contribution < 1.29 is 4.79 Å². The lowest BCUT2D eigenvalue weighted by molar-refractivity contribution is 0.103. The summed E-state index contributed by atoms with van der Waals surface area (Å²) < 4.78 is 0. The number of benzene rings is 2. The molecule has 0 saturated carbocycles. The molecule has 1 fully saturated rings. The SMILES string of the molecule is CCCCCN1CCC(c2c[nH]c3ccc(C(=O)c4cccc(CCC)c4)cc23)CC1. The Kier molecular flexibility index (Phi) is 7.24. The van der Waals surface area contributed by atoms with Crippen molar-refractivity contribution in [2.45, 2.75) is 64.7 Å². The molecule has 0 aliphatic carbocycles. The molecule has 31 heavy (non-hydrogen) atoms. The van der Waals surface area contributed by atoms with Crippen LogP contribution in [0.5, 0.6) is 0 Å². The van der Waals surface area contributed by atoms with E-state index in [4.69, 9.17) is 0 Å². The summed E-state index contributed by atoms with van der Waals surface area (Å²) >= 11 is 0. The number of carbonyl (C=O) groups is 1. The Bertz CT molecular complexity index is 1010. The van der Waals surface area contributed by atoms with Crippen molar-refractivity contribution in [1.29, 1.82) is 0 Å². The van der Waals surface area contributed by atoms with Gasteiger partial charge in [-0.3, -0.25) is 4.79 Å². The molecule has 1 saturated heterocycles. The van der Waals surface area contributed by atoms with Gasteiger partial charge in [-0.1, -0.05) is 51.3 Å². The van der Waals surface area contributed by atoms with Crippen molar-refractivity contribution in [1.82, 2.24) is 9.88 Å². The van der Waals surface area contributed by atoms with Crippen molar-refractivity contribution >= 4 is 16.7 Å². The van der Waals surface area contributed by atoms with Gasteiger partial charge in [-0.25, -0.2) is 0 Å². The zero-order valence-electron chi connectivity index (χ0n) is 19.1. The number of hydrogen-bond acceptors (Lipinski definition) is 2. The monoisotopic (exact) mass is 416 g/mol. The fourth-order valence-corrected chi connectivity index (χ4v) is 5.00. The molecular formula is C28H36N2O. The van der Waals surface area contributed by atoms with Crippen LogP contribution in [0.25, 0.3) is 10.9 Å². The molecule has 2 aromatic carbocycles. The Hall–Kier alpha value is -2.39. The zero-order chi connectivity index (χ0) is 21.6. The van der Waals surface area contributed by atoms with Gasteiger partial charge in [-0.2, -0.15) is 0 Å². The molecule has 0 radical (unpaired) electrons. The zero-order valence-corrected chi connectivity index (χ0v) is 19.1. The van der Waals surface area contributed by atoms with Crippen LogP contribution in [0.15, 0.2) is 48.7 Å². The van der Waals surface area contributed by atoms with Gasteiger partial charge in [-0.05, 0) is 86.6 Å². The van der Waals surface area contributed by atoms with Crippen LogP contribution in [0, 0.1) is 0 Å². The molecule has 164 valence electrons. The standard InChI is InChI=1S/C28H36N2O/c1-3-5-6-15-30-16-13-22(14-17-30)26-20-29-27-12-11-24(19-25(26)27)28(31)23-10-7-9-21(18-23)8-4-2/h7,9-12,18-20,22,29H,3-6,8,13-17H2,1-2H3. The van der Waals surface area contributed by atoms with Crippen LogP contribution in [-0.4, -0.2) is 35.3 Å². The van der Waals surface area contributed by atoms with E-state index in [9.17, 15) is 4.79 Å². The van der Waals surface area contributed by atoms with E-state index in [1.165, 1.54) is 68.3 Å². The van der Waals surface area contributed by atoms with E-state index in [1.54, 1.807) is 0 Å². The number of aromatic amines is 1. The highest BCUT2D eigenvalue weighted by atomic mass is 16.1. The first kappa shape index (κ1) is 21.8. The number of fused-ring (bicyclic) bond motifs is 1. The molecule has 0 spiro atoms. The lowest BCUT2D eigenvalue weighted by atomic mass is 9.88. The summed E-state index contributed by atoms with van der Waals surface area (Å²) in [5, 5.41) is 1.22. The Balaban J connectivity index is 1.51. The average Bonchev–Trinajstić information content (AvgIpc) is 3.23. The van der Waals surface area contributed by atoms with E-state index in [-0.39, 0.29) is 5.78 Å². The Labute approximate surface area is 186 Å². The van der Waals surface area contributed by atoms with Crippen LogP contribution in [0.2, 0.25) is 0 Å². The molecule has 0 unspecified atom stereocenters. The molecule has 3 heteroatoms. The lowest BCUT2D eigenvalue weighted by Gasteiger charge is -2.32. The minimum absolute atomic E-state index is 0.123. The van der Waals surface area contributed by atoms with Crippen molar-refractivity contribution in [3.63, 3.8) is 0 Å². The number of carbonyl (C=O) groups excluding carboxylic acids is 1. The smallest absolute Gasteiger partial charge is 0.193 e. The molecule has 3 nitrogen and oxygen atoms in total. The van der Waals surface area contributed by atoms with Gasteiger partial charge in [0.15, 0.2) is 5.78 Å². The molecule has 2 heterocycles. The number of aromatic nitrogens is 1. The van der Waals surface area contributed by atoms with Gasteiger partial charge < -0.3 is 9.88 Å². The van der Waals surface area contributed by atoms with Crippen molar-refractivity contribution in [3.05, 3.63) is 70.9 Å². The van der Waals surface area contributed by atoms with Crippen LogP contribution in [-0.2, 0) is 6.42 Å². The Morgan fingerprint density at radius 3 is 2.58 bits per heavy atom. The van der Waals surface area contributed by atoms with E-state index >= 15 is 0 Å². The molecule has 1 N–H and O–H groups in total. The first-order valence-electron chi connectivity index (χ1n) is 12.2. The molecule has 3 aromatic rings. The number of likely N-dealkylation sites (tertiary alicyclic amines) is 1. The molecule has 0 atom stereocenters. The van der Waals surface area contributed by atoms with Gasteiger partial charge in [-0.15, -0.1) is 0 Å². The van der Waals surface area contributed by atoms with Crippen LogP contribution >= 0.6 is 0 Å². The van der Waals surface area contributed by atoms with Gasteiger partial charge in [0.1, 0.15) is 0 Å². The maximum atomic E-state index is 13.2. The summed E-state index contributed by atoms with van der Waals surface area (Å²) in [6.07, 6.45) is 10.6. The van der Waals surface area contributed by atoms with Gasteiger partial charge in [0.2, 0.25) is 0 Å². The second kappa shape index (κ2) is 10.3. The molecule has 1 aliphatic heterocycles.